The standard InChI is InChI=1S/C32H61N5/c1-3-5-7-9-11-13-15-17-19-23-27-33-29-36-32-26-22-21-25-31(32)35-37(36)30-34-28-24-20-18-16-14-12-10-8-6-4-2/h21-22,25-26,33-35H,3-20,23-24,27-30H2,1-2H3. The average molecular weight is 516 g/mol. The van der Waals surface area contributed by atoms with Crippen molar-refractivity contribution in [3.05, 3.63) is 24.3 Å². The number of hydrogen-bond acceptors (Lipinski definition) is 5. The number of rotatable bonds is 26. The van der Waals surface area contributed by atoms with Gasteiger partial charge in [-0.15, -0.1) is 5.12 Å². The molecular weight excluding hydrogens is 454 g/mol. The average Bonchev–Trinajstić information content (AvgIpc) is 3.27. The summed E-state index contributed by atoms with van der Waals surface area (Å²) >= 11 is 0. The highest BCUT2D eigenvalue weighted by Crippen LogP contribution is 2.32. The lowest BCUT2D eigenvalue weighted by atomic mass is 10.1. The number of benzene rings is 1. The summed E-state index contributed by atoms with van der Waals surface area (Å²) in [5, 5.41) is 11.9. The lowest BCUT2D eigenvalue weighted by Gasteiger charge is -2.29. The number of nitrogens with zero attached hydrogens (tertiary/aromatic N) is 2. The number of nitrogens with one attached hydrogen (secondary N) is 3. The van der Waals surface area contributed by atoms with Crippen LogP contribution in [0.4, 0.5) is 11.4 Å². The van der Waals surface area contributed by atoms with Gasteiger partial charge in [-0.1, -0.05) is 142 Å². The molecule has 0 aromatic heterocycles. The number of anilines is 2. The van der Waals surface area contributed by atoms with Crippen LogP contribution in [0.15, 0.2) is 24.3 Å². The Morgan fingerprint density at radius 1 is 0.541 bits per heavy atom. The maximum atomic E-state index is 3.69. The predicted molar refractivity (Wildman–Crippen MR) is 164 cm³/mol. The summed E-state index contributed by atoms with van der Waals surface area (Å²) < 4.78 is 0. The van der Waals surface area contributed by atoms with Crippen LogP contribution in [0.3, 0.4) is 0 Å². The molecule has 0 fully saturated rings. The quantitative estimate of drug-likeness (QED) is 0.107. The third kappa shape index (κ3) is 15.0. The molecular formula is C32H61N5. The summed E-state index contributed by atoms with van der Waals surface area (Å²) in [6, 6.07) is 8.64. The molecule has 2 rings (SSSR count). The van der Waals surface area contributed by atoms with E-state index in [1.165, 1.54) is 140 Å². The molecule has 0 radical (unpaired) electrons. The first-order chi connectivity index (χ1) is 18.4. The monoisotopic (exact) mass is 515 g/mol. The van der Waals surface area contributed by atoms with Crippen molar-refractivity contribution in [3.63, 3.8) is 0 Å². The Labute approximate surface area is 230 Å². The lowest BCUT2D eigenvalue weighted by molar-refractivity contribution is 0.282. The highest BCUT2D eigenvalue weighted by Gasteiger charge is 2.25. The van der Waals surface area contributed by atoms with Gasteiger partial charge in [-0.3, -0.25) is 15.8 Å². The lowest BCUT2D eigenvalue weighted by Crippen LogP contribution is -2.50. The van der Waals surface area contributed by atoms with Gasteiger partial charge in [0.2, 0.25) is 0 Å². The van der Waals surface area contributed by atoms with Gasteiger partial charge in [-0.05, 0) is 38.1 Å². The van der Waals surface area contributed by atoms with Crippen LogP contribution in [-0.2, 0) is 0 Å². The zero-order chi connectivity index (χ0) is 26.2. The maximum Gasteiger partial charge on any atom is 0.0884 e. The highest BCUT2D eigenvalue weighted by atomic mass is 15.8. The molecule has 1 heterocycles. The minimum atomic E-state index is 0.825. The topological polar surface area (TPSA) is 42.6 Å². The number of hydrazine groups is 2. The summed E-state index contributed by atoms with van der Waals surface area (Å²) in [5.74, 6) is 0. The molecule has 0 aliphatic carbocycles. The second kappa shape index (κ2) is 22.7. The zero-order valence-corrected chi connectivity index (χ0v) is 24.7. The third-order valence-corrected chi connectivity index (χ3v) is 7.66. The van der Waals surface area contributed by atoms with Gasteiger partial charge in [-0.25, -0.2) is 0 Å². The van der Waals surface area contributed by atoms with Gasteiger partial charge in [0.05, 0.1) is 24.7 Å². The minimum absolute atomic E-state index is 0.825. The van der Waals surface area contributed by atoms with Gasteiger partial charge in [0.15, 0.2) is 0 Å². The fourth-order valence-corrected chi connectivity index (χ4v) is 5.26. The molecule has 1 aliphatic heterocycles. The van der Waals surface area contributed by atoms with Crippen LogP contribution in [0, 0.1) is 0 Å². The molecule has 0 saturated heterocycles. The van der Waals surface area contributed by atoms with Crippen molar-refractivity contribution in [2.24, 2.45) is 0 Å². The molecule has 3 N–H and O–H groups in total. The van der Waals surface area contributed by atoms with E-state index in [4.69, 9.17) is 0 Å². The van der Waals surface area contributed by atoms with Crippen LogP contribution < -0.4 is 21.1 Å². The summed E-state index contributed by atoms with van der Waals surface area (Å²) in [7, 11) is 0. The fourth-order valence-electron chi connectivity index (χ4n) is 5.26. The van der Waals surface area contributed by atoms with Gasteiger partial charge in [0.25, 0.3) is 0 Å². The molecule has 1 aromatic carbocycles. The van der Waals surface area contributed by atoms with Crippen molar-refractivity contribution in [1.82, 2.24) is 15.8 Å². The molecule has 1 aromatic rings. The molecule has 0 atom stereocenters. The predicted octanol–water partition coefficient (Wildman–Crippen LogP) is 8.99. The van der Waals surface area contributed by atoms with Crippen LogP contribution in [0.1, 0.15) is 142 Å². The van der Waals surface area contributed by atoms with Gasteiger partial charge in [0.1, 0.15) is 0 Å². The number of fused-ring (bicyclic) bond motifs is 1. The summed E-state index contributed by atoms with van der Waals surface area (Å²) in [5.41, 5.74) is 6.04. The molecule has 5 nitrogen and oxygen atoms in total. The van der Waals surface area contributed by atoms with Crippen molar-refractivity contribution in [2.75, 3.05) is 36.9 Å². The Balaban J connectivity index is 1.51. The maximum absolute atomic E-state index is 3.69. The second-order valence-electron chi connectivity index (χ2n) is 11.1. The van der Waals surface area contributed by atoms with Gasteiger partial charge < -0.3 is 5.32 Å². The van der Waals surface area contributed by atoms with Crippen LogP contribution in [0.2, 0.25) is 0 Å². The third-order valence-electron chi connectivity index (χ3n) is 7.66. The molecule has 0 saturated carbocycles. The number of hydrogen-bond donors (Lipinski definition) is 3. The summed E-state index contributed by atoms with van der Waals surface area (Å²) in [4.78, 5) is 0. The molecule has 37 heavy (non-hydrogen) atoms. The Kier molecular flexibility index (Phi) is 19.5. The SMILES string of the molecule is CCCCCCCCCCCCNCN1Nc2ccccc2N1CNCCCCCCCCCCCC. The number of unbranched alkanes of at least 4 members (excludes halogenated alkanes) is 18. The number of para-hydroxylation sites is 2. The summed E-state index contributed by atoms with van der Waals surface area (Å²) in [6.45, 7) is 8.44. The van der Waals surface area contributed by atoms with Crippen molar-refractivity contribution in [2.45, 2.75) is 142 Å². The second-order valence-corrected chi connectivity index (χ2v) is 11.1. The van der Waals surface area contributed by atoms with Gasteiger partial charge in [-0.2, -0.15) is 0 Å². The molecule has 1 aliphatic rings. The van der Waals surface area contributed by atoms with E-state index >= 15 is 0 Å². The van der Waals surface area contributed by atoms with Crippen LogP contribution in [0.5, 0.6) is 0 Å². The zero-order valence-electron chi connectivity index (χ0n) is 24.7. The van der Waals surface area contributed by atoms with Gasteiger partial charge >= 0.3 is 0 Å². The largest absolute Gasteiger partial charge is 0.301 e. The summed E-state index contributed by atoms with van der Waals surface area (Å²) in [6.07, 6.45) is 27.8. The smallest absolute Gasteiger partial charge is 0.0884 e. The van der Waals surface area contributed by atoms with Crippen molar-refractivity contribution >= 4 is 11.4 Å². The van der Waals surface area contributed by atoms with E-state index < -0.39 is 0 Å². The van der Waals surface area contributed by atoms with E-state index in [0.717, 1.165) is 26.4 Å². The minimum Gasteiger partial charge on any atom is -0.301 e. The molecule has 0 amide bonds. The first kappa shape index (κ1) is 31.9. The Bertz CT molecular complexity index is 637. The first-order valence-corrected chi connectivity index (χ1v) is 16.2. The normalized spacial score (nSPS) is 13.3. The molecule has 0 unspecified atom stereocenters. The van der Waals surface area contributed by atoms with E-state index in [2.05, 4.69) is 64.3 Å². The molecule has 5 heteroatoms. The van der Waals surface area contributed by atoms with Crippen LogP contribution in [0.25, 0.3) is 0 Å². The van der Waals surface area contributed by atoms with Gasteiger partial charge in [0, 0.05) is 0 Å². The van der Waals surface area contributed by atoms with Crippen molar-refractivity contribution in [1.29, 1.82) is 0 Å². The Morgan fingerprint density at radius 3 is 1.49 bits per heavy atom. The van der Waals surface area contributed by atoms with E-state index in [0.29, 0.717) is 0 Å². The van der Waals surface area contributed by atoms with Crippen LogP contribution >= 0.6 is 0 Å². The van der Waals surface area contributed by atoms with E-state index in [9.17, 15) is 0 Å². The molecule has 0 spiro atoms. The Morgan fingerprint density at radius 2 is 0.973 bits per heavy atom. The highest BCUT2D eigenvalue weighted by molar-refractivity contribution is 5.72. The van der Waals surface area contributed by atoms with E-state index in [-0.39, 0.29) is 0 Å². The molecule has 214 valence electrons. The van der Waals surface area contributed by atoms with Crippen molar-refractivity contribution in [3.8, 4) is 0 Å². The first-order valence-electron chi connectivity index (χ1n) is 16.2. The Hall–Kier alpha value is -1.30. The van der Waals surface area contributed by atoms with Crippen molar-refractivity contribution < 1.29 is 0 Å². The van der Waals surface area contributed by atoms with Crippen LogP contribution in [-0.4, -0.2) is 31.5 Å². The van der Waals surface area contributed by atoms with E-state index in [1.807, 2.05) is 0 Å². The molecule has 0 bridgehead atoms. The van der Waals surface area contributed by atoms with E-state index in [1.54, 1.807) is 0 Å². The fraction of sp³-hybridized carbons (Fsp3) is 0.812.